The number of nitrogens with one attached hydrogen (secondary N) is 1. The zero-order chi connectivity index (χ0) is 17.1. The van der Waals surface area contributed by atoms with Crippen LogP contribution in [0.5, 0.6) is 5.75 Å². The summed E-state index contributed by atoms with van der Waals surface area (Å²) >= 11 is 1.44. The maximum atomic E-state index is 12.0. The second kappa shape index (κ2) is 6.69. The van der Waals surface area contributed by atoms with E-state index in [1.165, 1.54) is 16.9 Å². The summed E-state index contributed by atoms with van der Waals surface area (Å²) in [5.41, 5.74) is 3.77. The van der Waals surface area contributed by atoms with Gasteiger partial charge in [0.05, 0.1) is 21.8 Å². The van der Waals surface area contributed by atoms with Crippen molar-refractivity contribution in [2.45, 2.75) is 13.8 Å². The van der Waals surface area contributed by atoms with Gasteiger partial charge in [-0.05, 0) is 55.3 Å². The minimum Gasteiger partial charge on any atom is -0.484 e. The molecule has 6 heteroatoms. The van der Waals surface area contributed by atoms with Crippen LogP contribution in [0.1, 0.15) is 16.7 Å². The van der Waals surface area contributed by atoms with Gasteiger partial charge < -0.3 is 4.74 Å². The van der Waals surface area contributed by atoms with Gasteiger partial charge in [0.2, 0.25) is 0 Å². The van der Waals surface area contributed by atoms with Crippen LogP contribution >= 0.6 is 11.3 Å². The van der Waals surface area contributed by atoms with Crippen LogP contribution in [-0.2, 0) is 4.79 Å². The van der Waals surface area contributed by atoms with Gasteiger partial charge in [-0.15, -0.1) is 0 Å². The molecule has 0 spiro atoms. The minimum absolute atomic E-state index is 0.111. The molecule has 2 aromatic carbocycles. The number of carbonyl (C=O) groups excluding carboxylic acids is 1. The number of aryl methyl sites for hydroxylation is 2. The van der Waals surface area contributed by atoms with Gasteiger partial charge in [0, 0.05) is 0 Å². The predicted octanol–water partition coefficient (Wildman–Crippen LogP) is 3.80. The molecule has 3 aromatic rings. The highest BCUT2D eigenvalue weighted by Crippen LogP contribution is 2.29. The van der Waals surface area contributed by atoms with E-state index in [0.29, 0.717) is 16.4 Å². The Morgan fingerprint density at radius 3 is 2.71 bits per heavy atom. The molecule has 1 N–H and O–H groups in total. The van der Waals surface area contributed by atoms with Gasteiger partial charge in [-0.2, -0.15) is 5.26 Å². The van der Waals surface area contributed by atoms with Crippen LogP contribution in [0.4, 0.5) is 5.13 Å². The number of ether oxygens (including phenoxy) is 1. The van der Waals surface area contributed by atoms with E-state index < -0.39 is 0 Å². The lowest BCUT2D eigenvalue weighted by Gasteiger charge is -2.05. The number of anilines is 1. The molecule has 0 fully saturated rings. The zero-order valence-corrected chi connectivity index (χ0v) is 14.1. The fraction of sp³-hybridized carbons (Fsp3) is 0.167. The maximum absolute atomic E-state index is 12.0. The Bertz CT molecular complexity index is 939. The van der Waals surface area contributed by atoms with Gasteiger partial charge in [-0.3, -0.25) is 10.1 Å². The summed E-state index contributed by atoms with van der Waals surface area (Å²) in [6, 6.07) is 12.7. The van der Waals surface area contributed by atoms with Gasteiger partial charge in [0.25, 0.3) is 5.91 Å². The first-order chi connectivity index (χ1) is 11.6. The van der Waals surface area contributed by atoms with Crippen molar-refractivity contribution in [3.63, 3.8) is 0 Å². The van der Waals surface area contributed by atoms with Crippen molar-refractivity contribution in [2.24, 2.45) is 0 Å². The molecule has 0 aliphatic heterocycles. The first-order valence-electron chi connectivity index (χ1n) is 7.36. The molecule has 3 rings (SSSR count). The fourth-order valence-electron chi connectivity index (χ4n) is 2.21. The normalized spacial score (nSPS) is 10.4. The second-order valence-electron chi connectivity index (χ2n) is 5.35. The Labute approximate surface area is 143 Å². The zero-order valence-electron chi connectivity index (χ0n) is 13.3. The van der Waals surface area contributed by atoms with Gasteiger partial charge in [0.1, 0.15) is 5.75 Å². The smallest absolute Gasteiger partial charge is 0.264 e. The van der Waals surface area contributed by atoms with E-state index in [0.717, 1.165) is 15.8 Å². The van der Waals surface area contributed by atoms with Crippen molar-refractivity contribution in [2.75, 3.05) is 11.9 Å². The summed E-state index contributed by atoms with van der Waals surface area (Å²) in [4.78, 5) is 16.5. The van der Waals surface area contributed by atoms with Crippen molar-refractivity contribution >= 4 is 32.6 Å². The predicted molar refractivity (Wildman–Crippen MR) is 94.4 cm³/mol. The van der Waals surface area contributed by atoms with Crippen LogP contribution in [0, 0.1) is 25.2 Å². The second-order valence-corrected chi connectivity index (χ2v) is 6.38. The maximum Gasteiger partial charge on any atom is 0.264 e. The lowest BCUT2D eigenvalue weighted by Crippen LogP contribution is -2.20. The van der Waals surface area contributed by atoms with Crippen LogP contribution in [0.3, 0.4) is 0 Å². The Morgan fingerprint density at radius 2 is 2.00 bits per heavy atom. The van der Waals surface area contributed by atoms with Crippen LogP contribution in [0.25, 0.3) is 10.2 Å². The van der Waals surface area contributed by atoms with E-state index in [1.54, 1.807) is 24.3 Å². The SMILES string of the molecule is Cc1ccc2sc(NC(=O)COc3ccc(C#N)cc3)nc2c1C. The molecule has 1 aromatic heterocycles. The number of thiazole rings is 1. The summed E-state index contributed by atoms with van der Waals surface area (Å²) in [6.45, 7) is 3.95. The summed E-state index contributed by atoms with van der Waals surface area (Å²) in [7, 11) is 0. The number of carbonyl (C=O) groups is 1. The van der Waals surface area contributed by atoms with E-state index in [2.05, 4.69) is 16.4 Å². The van der Waals surface area contributed by atoms with E-state index in [4.69, 9.17) is 10.00 Å². The topological polar surface area (TPSA) is 75.0 Å². The summed E-state index contributed by atoms with van der Waals surface area (Å²) in [6.07, 6.45) is 0. The third-order valence-corrected chi connectivity index (χ3v) is 4.62. The standard InChI is InChI=1S/C18H15N3O2S/c1-11-3-8-15-17(12(11)2)21-18(24-15)20-16(22)10-23-14-6-4-13(9-19)5-7-14/h3-8H,10H2,1-2H3,(H,20,21,22). The van der Waals surface area contributed by atoms with Crippen molar-refractivity contribution < 1.29 is 9.53 Å². The number of benzene rings is 2. The first-order valence-corrected chi connectivity index (χ1v) is 8.18. The molecular weight excluding hydrogens is 322 g/mol. The fourth-order valence-corrected chi connectivity index (χ4v) is 3.15. The van der Waals surface area contributed by atoms with E-state index in [9.17, 15) is 4.79 Å². The number of hydrogen-bond donors (Lipinski definition) is 1. The Hall–Kier alpha value is -2.91. The Balaban J connectivity index is 1.64. The van der Waals surface area contributed by atoms with Crippen molar-refractivity contribution in [3.05, 3.63) is 53.1 Å². The van der Waals surface area contributed by atoms with Gasteiger partial charge in [-0.25, -0.2) is 4.98 Å². The molecular formula is C18H15N3O2S. The molecule has 24 heavy (non-hydrogen) atoms. The molecule has 0 aliphatic carbocycles. The minimum atomic E-state index is -0.271. The van der Waals surface area contributed by atoms with Crippen molar-refractivity contribution in [3.8, 4) is 11.8 Å². The Kier molecular flexibility index (Phi) is 4.45. The largest absolute Gasteiger partial charge is 0.484 e. The van der Waals surface area contributed by atoms with Crippen LogP contribution in [-0.4, -0.2) is 17.5 Å². The number of aromatic nitrogens is 1. The van der Waals surface area contributed by atoms with Gasteiger partial charge in [-0.1, -0.05) is 17.4 Å². The molecule has 0 atom stereocenters. The number of nitriles is 1. The molecule has 0 aliphatic rings. The molecule has 0 bridgehead atoms. The molecule has 0 radical (unpaired) electrons. The van der Waals surface area contributed by atoms with Gasteiger partial charge >= 0.3 is 0 Å². The molecule has 0 saturated heterocycles. The van der Waals surface area contributed by atoms with E-state index in [1.807, 2.05) is 26.0 Å². The highest BCUT2D eigenvalue weighted by molar-refractivity contribution is 7.22. The Morgan fingerprint density at radius 1 is 1.25 bits per heavy atom. The lowest BCUT2D eigenvalue weighted by molar-refractivity contribution is -0.118. The third-order valence-electron chi connectivity index (χ3n) is 3.68. The quantitative estimate of drug-likeness (QED) is 0.785. The molecule has 1 heterocycles. The average Bonchev–Trinajstić information content (AvgIpc) is 3.00. The molecule has 120 valence electrons. The molecule has 0 unspecified atom stereocenters. The van der Waals surface area contributed by atoms with Crippen LogP contribution in [0.2, 0.25) is 0 Å². The van der Waals surface area contributed by atoms with E-state index >= 15 is 0 Å². The average molecular weight is 337 g/mol. The first kappa shape index (κ1) is 16.0. The summed E-state index contributed by atoms with van der Waals surface area (Å²) < 4.78 is 6.45. The number of rotatable bonds is 4. The lowest BCUT2D eigenvalue weighted by atomic mass is 10.1. The van der Waals surface area contributed by atoms with Crippen LogP contribution in [0.15, 0.2) is 36.4 Å². The number of fused-ring (bicyclic) bond motifs is 1. The highest BCUT2D eigenvalue weighted by Gasteiger charge is 2.11. The third kappa shape index (κ3) is 3.36. The molecule has 0 saturated carbocycles. The van der Waals surface area contributed by atoms with E-state index in [-0.39, 0.29) is 12.5 Å². The van der Waals surface area contributed by atoms with Crippen LogP contribution < -0.4 is 10.1 Å². The number of hydrogen-bond acceptors (Lipinski definition) is 5. The highest BCUT2D eigenvalue weighted by atomic mass is 32.1. The summed E-state index contributed by atoms with van der Waals surface area (Å²) in [5, 5.41) is 12.1. The number of amides is 1. The number of nitrogens with zero attached hydrogens (tertiary/aromatic N) is 2. The van der Waals surface area contributed by atoms with Gasteiger partial charge in [0.15, 0.2) is 11.7 Å². The van der Waals surface area contributed by atoms with Crippen molar-refractivity contribution in [1.29, 1.82) is 5.26 Å². The van der Waals surface area contributed by atoms with Crippen molar-refractivity contribution in [1.82, 2.24) is 4.98 Å². The summed E-state index contributed by atoms with van der Waals surface area (Å²) in [5.74, 6) is 0.271. The molecule has 1 amide bonds. The monoisotopic (exact) mass is 337 g/mol. The molecule has 5 nitrogen and oxygen atoms in total.